The van der Waals surface area contributed by atoms with Crippen LogP contribution in [0.4, 0.5) is 11.4 Å². The molecule has 0 atom stereocenters. The predicted molar refractivity (Wildman–Crippen MR) is 104 cm³/mol. The van der Waals surface area contributed by atoms with Crippen molar-refractivity contribution in [1.29, 1.82) is 0 Å². The number of ketones is 1. The Kier molecular flexibility index (Phi) is 7.32. The van der Waals surface area contributed by atoms with E-state index in [0.29, 0.717) is 11.3 Å². The lowest BCUT2D eigenvalue weighted by atomic mass is 10.1. The molecule has 27 heavy (non-hydrogen) atoms. The first-order valence-corrected chi connectivity index (χ1v) is 8.73. The third-order valence-electron chi connectivity index (χ3n) is 3.53. The Labute approximate surface area is 159 Å². The van der Waals surface area contributed by atoms with E-state index in [1.54, 1.807) is 36.9 Å². The summed E-state index contributed by atoms with van der Waals surface area (Å²) in [6.45, 7) is 0. The molecule has 2 aromatic carbocycles. The predicted octanol–water partition coefficient (Wildman–Crippen LogP) is 0.667. The summed E-state index contributed by atoms with van der Waals surface area (Å²) in [6.07, 6.45) is 0. The highest BCUT2D eigenvalue weighted by Crippen LogP contribution is 2.18. The van der Waals surface area contributed by atoms with E-state index in [1.807, 2.05) is 0 Å². The SMILES string of the molecule is CO[NH2+]c1ccc(C(=O)CS/C(=N/N)N(N)c2ccc(C(=O)O)cc2)cc1. The number of nitrogens with two attached hydrogens (primary N) is 3. The third-order valence-corrected chi connectivity index (χ3v) is 4.49. The summed E-state index contributed by atoms with van der Waals surface area (Å²) in [4.78, 5) is 28.1. The van der Waals surface area contributed by atoms with Crippen LogP contribution < -0.4 is 22.2 Å². The van der Waals surface area contributed by atoms with Crippen LogP contribution in [0.1, 0.15) is 20.7 Å². The van der Waals surface area contributed by atoms with Gasteiger partial charge in [-0.1, -0.05) is 11.8 Å². The number of quaternary nitrogens is 1. The largest absolute Gasteiger partial charge is 0.478 e. The number of rotatable bonds is 7. The van der Waals surface area contributed by atoms with Crippen molar-refractivity contribution in [3.05, 3.63) is 59.7 Å². The van der Waals surface area contributed by atoms with E-state index < -0.39 is 5.97 Å². The number of benzene rings is 2. The highest BCUT2D eigenvalue weighted by atomic mass is 32.2. The Morgan fingerprint density at radius 2 is 1.74 bits per heavy atom. The summed E-state index contributed by atoms with van der Waals surface area (Å²) >= 11 is 1.08. The van der Waals surface area contributed by atoms with E-state index in [2.05, 4.69) is 5.10 Å². The lowest BCUT2D eigenvalue weighted by molar-refractivity contribution is -0.830. The van der Waals surface area contributed by atoms with Crippen molar-refractivity contribution < 1.29 is 25.0 Å². The molecule has 0 spiro atoms. The molecular weight excluding hydrogens is 370 g/mol. The Bertz CT molecular complexity index is 824. The number of carboxylic acid groups (broad SMARTS) is 1. The number of thioether (sulfide) groups is 1. The molecule has 0 aliphatic rings. The lowest BCUT2D eigenvalue weighted by Gasteiger charge is -2.19. The Morgan fingerprint density at radius 3 is 2.26 bits per heavy atom. The second-order valence-corrected chi connectivity index (χ2v) is 6.26. The number of carbonyl (C=O) groups is 2. The van der Waals surface area contributed by atoms with E-state index in [0.717, 1.165) is 17.4 Å². The maximum absolute atomic E-state index is 12.3. The summed E-state index contributed by atoms with van der Waals surface area (Å²) < 4.78 is 0. The van der Waals surface area contributed by atoms with Gasteiger partial charge in [0, 0.05) is 17.7 Å². The van der Waals surface area contributed by atoms with E-state index in [-0.39, 0.29) is 22.3 Å². The minimum Gasteiger partial charge on any atom is -0.478 e. The van der Waals surface area contributed by atoms with Crippen LogP contribution in [0.5, 0.6) is 0 Å². The first-order chi connectivity index (χ1) is 13.0. The van der Waals surface area contributed by atoms with Crippen molar-refractivity contribution >= 4 is 40.1 Å². The van der Waals surface area contributed by atoms with Gasteiger partial charge in [0.25, 0.3) is 0 Å². The first-order valence-electron chi connectivity index (χ1n) is 7.74. The zero-order valence-electron chi connectivity index (χ0n) is 14.5. The molecule has 7 N–H and O–H groups in total. The van der Waals surface area contributed by atoms with Gasteiger partial charge in [-0.15, -0.1) is 0 Å². The minimum atomic E-state index is -1.04. The number of Topliss-reactive ketones (excluding diaryl/α,β-unsaturated/α-hetero) is 1. The summed E-state index contributed by atoms with van der Waals surface area (Å²) in [5, 5.41) is 14.0. The highest BCUT2D eigenvalue weighted by molar-refractivity contribution is 8.14. The lowest BCUT2D eigenvalue weighted by Crippen LogP contribution is -2.75. The van der Waals surface area contributed by atoms with Gasteiger partial charge >= 0.3 is 5.97 Å². The smallest absolute Gasteiger partial charge is 0.335 e. The number of hydrazone groups is 1. The van der Waals surface area contributed by atoms with Crippen molar-refractivity contribution in [2.45, 2.75) is 0 Å². The molecule has 0 aliphatic carbocycles. The minimum absolute atomic E-state index is 0.0876. The van der Waals surface area contributed by atoms with Crippen molar-refractivity contribution in [2.24, 2.45) is 16.8 Å². The van der Waals surface area contributed by atoms with Crippen LogP contribution >= 0.6 is 11.8 Å². The van der Waals surface area contributed by atoms with Crippen molar-refractivity contribution in [1.82, 2.24) is 0 Å². The molecule has 9 nitrogen and oxygen atoms in total. The van der Waals surface area contributed by atoms with Crippen LogP contribution in [0.25, 0.3) is 0 Å². The number of carboxylic acids is 1. The number of hydrogen-bond acceptors (Lipinski definition) is 7. The molecule has 0 fully saturated rings. The normalized spacial score (nSPS) is 11.3. The number of amidine groups is 1. The third kappa shape index (κ3) is 5.53. The second kappa shape index (κ2) is 9.69. The van der Waals surface area contributed by atoms with Crippen molar-refractivity contribution in [3.63, 3.8) is 0 Å². The van der Waals surface area contributed by atoms with Gasteiger partial charge in [-0.25, -0.2) is 15.5 Å². The standard InChI is InChI=1S/C17H19N5O4S/c1-26-21-13-6-2-11(3-7-13)15(23)10-27-17(20-18)22(19)14-8-4-12(5-9-14)16(24)25/h2-9,21H,10,18-19H2,1H3,(H,24,25)/p+1/b20-17+. The number of aromatic carboxylic acids is 1. The van der Waals surface area contributed by atoms with Gasteiger partial charge in [0.15, 0.2) is 11.5 Å². The second-order valence-electron chi connectivity index (χ2n) is 5.32. The van der Waals surface area contributed by atoms with Gasteiger partial charge in [-0.3, -0.25) is 9.80 Å². The molecule has 2 rings (SSSR count). The Morgan fingerprint density at radius 1 is 1.15 bits per heavy atom. The van der Waals surface area contributed by atoms with Gasteiger partial charge in [0.05, 0.1) is 24.1 Å². The fourth-order valence-electron chi connectivity index (χ4n) is 2.14. The summed E-state index contributed by atoms with van der Waals surface area (Å²) in [5.41, 5.74) is 3.59. The molecule has 0 saturated heterocycles. The fourth-order valence-corrected chi connectivity index (χ4v) is 2.89. The molecule has 0 radical (unpaired) electrons. The van der Waals surface area contributed by atoms with Crippen LogP contribution in [-0.4, -0.2) is 34.9 Å². The van der Waals surface area contributed by atoms with Gasteiger partial charge in [0.2, 0.25) is 5.17 Å². The van der Waals surface area contributed by atoms with Crippen molar-refractivity contribution in [3.8, 4) is 0 Å². The molecule has 0 bridgehead atoms. The molecule has 0 amide bonds. The molecule has 2 aromatic rings. The molecule has 0 unspecified atom stereocenters. The van der Waals surface area contributed by atoms with Crippen LogP contribution in [0, 0.1) is 0 Å². The van der Waals surface area contributed by atoms with Crippen molar-refractivity contribution in [2.75, 3.05) is 17.9 Å². The zero-order valence-corrected chi connectivity index (χ0v) is 15.3. The van der Waals surface area contributed by atoms with Crippen LogP contribution in [0.3, 0.4) is 0 Å². The number of carbonyl (C=O) groups excluding carboxylic acids is 1. The Hall–Kier alpha value is -2.92. The fraction of sp³-hybridized carbons (Fsp3) is 0.118. The molecule has 142 valence electrons. The number of hydrazine groups is 1. The monoisotopic (exact) mass is 390 g/mol. The highest BCUT2D eigenvalue weighted by Gasteiger charge is 2.15. The van der Waals surface area contributed by atoms with Gasteiger partial charge < -0.3 is 10.9 Å². The van der Waals surface area contributed by atoms with Gasteiger partial charge in [-0.05, 0) is 36.4 Å². The maximum atomic E-state index is 12.3. The van der Waals surface area contributed by atoms with Crippen LogP contribution in [-0.2, 0) is 4.84 Å². The average Bonchev–Trinajstić information content (AvgIpc) is 2.69. The van der Waals surface area contributed by atoms with E-state index >= 15 is 0 Å². The van der Waals surface area contributed by atoms with E-state index in [4.69, 9.17) is 21.6 Å². The first kappa shape index (κ1) is 20.4. The average molecular weight is 390 g/mol. The maximum Gasteiger partial charge on any atom is 0.335 e. The summed E-state index contributed by atoms with van der Waals surface area (Å²) in [5.74, 6) is 10.3. The quantitative estimate of drug-likeness (QED) is 0.135. The topological polar surface area (TPSA) is 148 Å². The van der Waals surface area contributed by atoms with E-state index in [1.165, 1.54) is 29.3 Å². The molecule has 0 heterocycles. The molecule has 0 saturated carbocycles. The molecule has 0 aromatic heterocycles. The van der Waals surface area contributed by atoms with Crippen LogP contribution in [0.15, 0.2) is 53.6 Å². The number of nitrogens with zero attached hydrogens (tertiary/aromatic N) is 2. The molecule has 0 aliphatic heterocycles. The Balaban J connectivity index is 1.99. The number of anilines is 1. The van der Waals surface area contributed by atoms with Crippen LogP contribution in [0.2, 0.25) is 0 Å². The number of hydrogen-bond donors (Lipinski definition) is 4. The molecular formula is C17H20N5O4S+. The summed E-state index contributed by atoms with van der Waals surface area (Å²) in [6, 6.07) is 12.9. The van der Waals surface area contributed by atoms with Gasteiger partial charge in [-0.2, -0.15) is 10.6 Å². The van der Waals surface area contributed by atoms with Gasteiger partial charge in [0.1, 0.15) is 0 Å². The van der Waals surface area contributed by atoms with E-state index in [9.17, 15) is 9.59 Å². The summed E-state index contributed by atoms with van der Waals surface area (Å²) in [7, 11) is 1.55. The molecule has 10 heteroatoms. The zero-order chi connectivity index (χ0) is 19.8.